The second kappa shape index (κ2) is 10.4. The zero-order valence-electron chi connectivity index (χ0n) is 21.8. The van der Waals surface area contributed by atoms with Crippen LogP contribution in [0.4, 0.5) is 20.5 Å². The van der Waals surface area contributed by atoms with Gasteiger partial charge in [-0.3, -0.25) is 14.2 Å². The Morgan fingerprint density at radius 1 is 1.23 bits per heavy atom. The molecule has 2 amide bonds. The normalized spacial score (nSPS) is 22.6. The minimum Gasteiger partial charge on any atom is -0.378 e. The first-order valence-corrected chi connectivity index (χ1v) is 13.2. The smallest absolute Gasteiger partial charge is 0.333 e. The topological polar surface area (TPSA) is 135 Å². The number of hydrogen-bond donors (Lipinski definition) is 2. The summed E-state index contributed by atoms with van der Waals surface area (Å²) < 4.78 is 33.8. The highest BCUT2D eigenvalue weighted by Crippen LogP contribution is 2.48. The van der Waals surface area contributed by atoms with Crippen molar-refractivity contribution in [2.24, 2.45) is 5.41 Å². The first kappa shape index (κ1) is 26.1. The van der Waals surface area contributed by atoms with E-state index >= 15 is 0 Å². The second-order valence-electron chi connectivity index (χ2n) is 10.5. The number of morpholine rings is 1. The molecule has 5 heterocycles. The van der Waals surface area contributed by atoms with E-state index in [0.717, 1.165) is 25.8 Å². The maximum absolute atomic E-state index is 13.1. The van der Waals surface area contributed by atoms with Gasteiger partial charge in [-0.05, 0) is 30.8 Å². The number of anilines is 2. The van der Waals surface area contributed by atoms with Crippen LogP contribution in [0.1, 0.15) is 25.8 Å². The molecule has 40 heavy (non-hydrogen) atoms. The molecule has 0 aromatic carbocycles. The Kier molecular flexibility index (Phi) is 6.82. The van der Waals surface area contributed by atoms with Crippen molar-refractivity contribution in [3.8, 4) is 5.69 Å². The Morgan fingerprint density at radius 3 is 2.75 bits per heavy atom. The van der Waals surface area contributed by atoms with E-state index in [1.54, 1.807) is 4.57 Å². The van der Waals surface area contributed by atoms with Crippen LogP contribution in [0.5, 0.6) is 0 Å². The van der Waals surface area contributed by atoms with Gasteiger partial charge in [0.05, 0.1) is 37.8 Å². The van der Waals surface area contributed by atoms with Crippen LogP contribution in [-0.2, 0) is 14.3 Å². The molecule has 1 saturated carbocycles. The number of ether oxygens (including phenoxy) is 1. The molecule has 1 spiro atoms. The van der Waals surface area contributed by atoms with E-state index in [0.29, 0.717) is 66.1 Å². The van der Waals surface area contributed by atoms with Crippen molar-refractivity contribution in [2.45, 2.75) is 31.9 Å². The summed E-state index contributed by atoms with van der Waals surface area (Å²) in [5, 5.41) is 9.87. The Morgan fingerprint density at radius 2 is 2.02 bits per heavy atom. The molecule has 2 saturated heterocycles. The van der Waals surface area contributed by atoms with Crippen LogP contribution in [0.2, 0.25) is 0 Å². The third-order valence-corrected chi connectivity index (χ3v) is 7.81. The predicted octanol–water partition coefficient (Wildman–Crippen LogP) is 1.34. The molecule has 1 aliphatic carbocycles. The van der Waals surface area contributed by atoms with Gasteiger partial charge in [0, 0.05) is 32.2 Å². The molecule has 2 aliphatic heterocycles. The maximum atomic E-state index is 13.1. The Bertz CT molecular complexity index is 1430. The van der Waals surface area contributed by atoms with Crippen LogP contribution < -0.4 is 15.5 Å². The molecule has 2 N–H and O–H groups in total. The van der Waals surface area contributed by atoms with Crippen molar-refractivity contribution in [3.05, 3.63) is 31.4 Å². The molecule has 0 bridgehead atoms. The lowest BCUT2D eigenvalue weighted by Gasteiger charge is -2.45. The van der Waals surface area contributed by atoms with Gasteiger partial charge < -0.3 is 25.2 Å². The number of hydrogen-bond acceptors (Lipinski definition) is 9. The molecule has 3 aromatic heterocycles. The van der Waals surface area contributed by atoms with E-state index < -0.39 is 6.55 Å². The van der Waals surface area contributed by atoms with Crippen LogP contribution in [0.15, 0.2) is 31.4 Å². The van der Waals surface area contributed by atoms with Gasteiger partial charge in [-0.1, -0.05) is 6.58 Å². The van der Waals surface area contributed by atoms with E-state index in [4.69, 9.17) is 4.74 Å². The van der Waals surface area contributed by atoms with Gasteiger partial charge in [-0.25, -0.2) is 9.67 Å². The van der Waals surface area contributed by atoms with Gasteiger partial charge in [0.1, 0.15) is 6.33 Å². The van der Waals surface area contributed by atoms with Gasteiger partial charge >= 0.3 is 6.55 Å². The molecule has 3 aliphatic rings. The Balaban J connectivity index is 1.16. The van der Waals surface area contributed by atoms with Crippen LogP contribution in [0, 0.1) is 5.41 Å². The summed E-state index contributed by atoms with van der Waals surface area (Å²) in [5.41, 5.74) is 1.24. The predicted molar refractivity (Wildman–Crippen MR) is 140 cm³/mol. The van der Waals surface area contributed by atoms with Crippen LogP contribution in [0.3, 0.4) is 0 Å². The lowest BCUT2D eigenvalue weighted by atomic mass is 9.65. The summed E-state index contributed by atoms with van der Waals surface area (Å²) in [6, 6.07) is 0.0491. The third-order valence-electron chi connectivity index (χ3n) is 7.81. The number of amides is 2. The Hall–Kier alpha value is -4.14. The van der Waals surface area contributed by atoms with Crippen molar-refractivity contribution >= 4 is 34.7 Å². The number of rotatable bonds is 8. The number of halogens is 2. The van der Waals surface area contributed by atoms with Crippen molar-refractivity contribution in [1.29, 1.82) is 0 Å². The highest BCUT2D eigenvalue weighted by Gasteiger charge is 2.49. The number of aromatic nitrogens is 6. The molecular formula is C25H30F2N10O3. The molecule has 15 heteroatoms. The lowest BCUT2D eigenvalue weighted by molar-refractivity contribution is -0.126. The van der Waals surface area contributed by atoms with Gasteiger partial charge in [0.25, 0.3) is 0 Å². The molecule has 3 aromatic rings. The highest BCUT2D eigenvalue weighted by atomic mass is 19.3. The molecule has 3 fully saturated rings. The minimum absolute atomic E-state index is 0.0323. The highest BCUT2D eigenvalue weighted by molar-refractivity contribution is 5.89. The number of imidazole rings is 1. The zero-order chi connectivity index (χ0) is 27.9. The van der Waals surface area contributed by atoms with Crippen LogP contribution in [-0.4, -0.2) is 98.0 Å². The number of likely N-dealkylation sites (tertiary alicyclic amines) is 1. The van der Waals surface area contributed by atoms with E-state index in [1.165, 1.54) is 24.8 Å². The van der Waals surface area contributed by atoms with Crippen LogP contribution >= 0.6 is 0 Å². The minimum atomic E-state index is -2.77. The largest absolute Gasteiger partial charge is 0.378 e. The zero-order valence-corrected chi connectivity index (χ0v) is 21.8. The quantitative estimate of drug-likeness (QED) is 0.394. The van der Waals surface area contributed by atoms with E-state index in [2.05, 4.69) is 37.3 Å². The Labute approximate surface area is 228 Å². The monoisotopic (exact) mass is 556 g/mol. The van der Waals surface area contributed by atoms with Gasteiger partial charge in [0.15, 0.2) is 17.0 Å². The third kappa shape index (κ3) is 4.96. The number of carbonyl (C=O) groups excluding carboxylic acids is 2. The number of alkyl halides is 2. The standard InChI is InChI=1S/C25H30F2N10O3/c1-2-19(39)35-4-3-25(14-35)9-16(10-25)31-18(38)12-28-21-20-22(33-24(32-21)34-5-7-40-8-6-34)36(15-29-20)17-11-30-37(13-17)23(26)27/h2,11,13,15-16,23H,1,3-10,12,14H2,(H,31,38)(H,28,32,33). The van der Waals surface area contributed by atoms with Gasteiger partial charge in [-0.15, -0.1) is 0 Å². The average molecular weight is 557 g/mol. The summed E-state index contributed by atoms with van der Waals surface area (Å²) in [5.74, 6) is 0.546. The number of carbonyl (C=O) groups is 2. The fourth-order valence-electron chi connectivity index (χ4n) is 5.78. The van der Waals surface area contributed by atoms with Crippen molar-refractivity contribution in [1.82, 2.24) is 39.5 Å². The molecule has 0 unspecified atom stereocenters. The number of fused-ring (bicyclic) bond motifs is 1. The van der Waals surface area contributed by atoms with Crippen LogP contribution in [0.25, 0.3) is 16.9 Å². The lowest BCUT2D eigenvalue weighted by Crippen LogP contribution is -2.53. The van der Waals surface area contributed by atoms with Crippen molar-refractivity contribution < 1.29 is 23.1 Å². The number of nitrogens with zero attached hydrogens (tertiary/aromatic N) is 8. The fourth-order valence-corrected chi connectivity index (χ4v) is 5.78. The van der Waals surface area contributed by atoms with Crippen molar-refractivity contribution in [2.75, 3.05) is 56.2 Å². The molecule has 212 valence electrons. The maximum Gasteiger partial charge on any atom is 0.333 e. The molecule has 0 radical (unpaired) electrons. The summed E-state index contributed by atoms with van der Waals surface area (Å²) >= 11 is 0. The van der Waals surface area contributed by atoms with Gasteiger partial charge in [0.2, 0.25) is 17.8 Å². The molecule has 13 nitrogen and oxygen atoms in total. The summed E-state index contributed by atoms with van der Waals surface area (Å²) in [7, 11) is 0. The molecule has 0 atom stereocenters. The summed E-state index contributed by atoms with van der Waals surface area (Å²) in [4.78, 5) is 42.3. The van der Waals surface area contributed by atoms with E-state index in [1.807, 2.05) is 9.80 Å². The SMILES string of the molecule is C=CC(=O)N1CCC2(CC(NC(=O)CNc3nc(N4CCOCC4)nc4c3ncn4-c3cnn(C(F)F)c3)C2)C1. The second-order valence-corrected chi connectivity index (χ2v) is 10.5. The summed E-state index contributed by atoms with van der Waals surface area (Å²) in [6.45, 7) is 4.39. The van der Waals surface area contributed by atoms with E-state index in [9.17, 15) is 18.4 Å². The number of nitrogens with one attached hydrogen (secondary N) is 2. The molecule has 6 rings (SSSR count). The summed E-state index contributed by atoms with van der Waals surface area (Å²) in [6.07, 6.45) is 7.93. The van der Waals surface area contributed by atoms with Gasteiger partial charge in [-0.2, -0.15) is 23.8 Å². The average Bonchev–Trinajstić information content (AvgIpc) is 3.70. The first-order valence-electron chi connectivity index (χ1n) is 13.2. The fraction of sp³-hybridized carbons (Fsp3) is 0.520. The molecular weight excluding hydrogens is 526 g/mol. The first-order chi connectivity index (χ1) is 19.3. The van der Waals surface area contributed by atoms with E-state index in [-0.39, 0.29) is 29.8 Å². The van der Waals surface area contributed by atoms with Crippen molar-refractivity contribution in [3.63, 3.8) is 0 Å².